The summed E-state index contributed by atoms with van der Waals surface area (Å²) in [7, 11) is 0. The van der Waals surface area contributed by atoms with Gasteiger partial charge in [-0.15, -0.1) is 0 Å². The molecule has 3 rings (SSSR count). The van der Waals surface area contributed by atoms with Crippen LogP contribution in [0.3, 0.4) is 0 Å². The fourth-order valence-electron chi connectivity index (χ4n) is 3.08. The maximum atomic E-state index is 11.0. The van der Waals surface area contributed by atoms with E-state index in [1.54, 1.807) is 0 Å². The lowest BCUT2D eigenvalue weighted by Crippen LogP contribution is -2.34. The summed E-state index contributed by atoms with van der Waals surface area (Å²) in [5.41, 5.74) is 2.65. The molecule has 0 atom stereocenters. The number of aldehydes is 1. The summed E-state index contributed by atoms with van der Waals surface area (Å²) in [6.07, 6.45) is 6.44. The molecular formula is C16H21N3O. The summed E-state index contributed by atoms with van der Waals surface area (Å²) in [5.74, 6) is 0.724. The van der Waals surface area contributed by atoms with E-state index >= 15 is 0 Å². The van der Waals surface area contributed by atoms with Gasteiger partial charge in [-0.1, -0.05) is 13.0 Å². The van der Waals surface area contributed by atoms with Crippen LogP contribution in [0.2, 0.25) is 0 Å². The van der Waals surface area contributed by atoms with Crippen molar-refractivity contribution in [2.45, 2.75) is 26.2 Å². The maximum absolute atomic E-state index is 11.0. The van der Waals surface area contributed by atoms with Gasteiger partial charge in [-0.2, -0.15) is 0 Å². The molecule has 0 N–H and O–H groups in total. The maximum Gasteiger partial charge on any atom is 0.166 e. The quantitative estimate of drug-likeness (QED) is 0.801. The van der Waals surface area contributed by atoms with Gasteiger partial charge in [-0.25, -0.2) is 4.98 Å². The summed E-state index contributed by atoms with van der Waals surface area (Å²) >= 11 is 0. The van der Waals surface area contributed by atoms with Crippen LogP contribution in [0.25, 0.3) is 5.65 Å². The van der Waals surface area contributed by atoms with Crippen LogP contribution < -0.4 is 0 Å². The van der Waals surface area contributed by atoms with E-state index in [9.17, 15) is 4.79 Å². The number of hydrogen-bond donors (Lipinski definition) is 0. The number of hydrogen-bond acceptors (Lipinski definition) is 3. The second kappa shape index (κ2) is 5.75. The molecule has 1 aliphatic heterocycles. The number of likely N-dealkylation sites (tertiary alicyclic amines) is 1. The van der Waals surface area contributed by atoms with Gasteiger partial charge in [0.15, 0.2) is 6.29 Å². The zero-order valence-electron chi connectivity index (χ0n) is 12.0. The highest BCUT2D eigenvalue weighted by atomic mass is 16.1. The average Bonchev–Trinajstić information content (AvgIpc) is 2.90. The van der Waals surface area contributed by atoms with Gasteiger partial charge in [0.1, 0.15) is 5.65 Å². The predicted molar refractivity (Wildman–Crippen MR) is 79.1 cm³/mol. The molecule has 0 spiro atoms. The first-order chi connectivity index (χ1) is 9.80. The lowest BCUT2D eigenvalue weighted by atomic mass is 9.92. The highest BCUT2D eigenvalue weighted by molar-refractivity contribution is 5.73. The first-order valence-corrected chi connectivity index (χ1v) is 7.44. The molecule has 106 valence electrons. The van der Waals surface area contributed by atoms with Crippen molar-refractivity contribution in [3.05, 3.63) is 35.8 Å². The monoisotopic (exact) mass is 271 g/mol. The van der Waals surface area contributed by atoms with Crippen molar-refractivity contribution in [2.24, 2.45) is 5.92 Å². The van der Waals surface area contributed by atoms with E-state index in [1.165, 1.54) is 25.9 Å². The number of nitrogens with zero attached hydrogens (tertiary/aromatic N) is 3. The highest BCUT2D eigenvalue weighted by Crippen LogP contribution is 2.21. The smallest absolute Gasteiger partial charge is 0.166 e. The average molecular weight is 271 g/mol. The SMILES string of the molecule is CCN1CCC(Cc2cn3c(C=O)cccc3n2)CC1. The largest absolute Gasteiger partial charge is 0.304 e. The van der Waals surface area contributed by atoms with Crippen molar-refractivity contribution in [3.8, 4) is 0 Å². The van der Waals surface area contributed by atoms with Gasteiger partial charge in [0.25, 0.3) is 0 Å². The molecule has 1 fully saturated rings. The number of carbonyl (C=O) groups excluding carboxylic acids is 1. The molecule has 1 saturated heterocycles. The molecule has 0 radical (unpaired) electrons. The summed E-state index contributed by atoms with van der Waals surface area (Å²) < 4.78 is 1.89. The Kier molecular flexibility index (Phi) is 3.83. The topological polar surface area (TPSA) is 37.6 Å². The number of piperidine rings is 1. The Hall–Kier alpha value is -1.68. The molecular weight excluding hydrogens is 250 g/mol. The standard InChI is InChI=1S/C16H21N3O/c1-2-18-8-6-13(7-9-18)10-14-11-19-15(12-20)4-3-5-16(19)17-14/h3-5,11-13H,2,6-10H2,1H3. The van der Waals surface area contributed by atoms with E-state index in [-0.39, 0.29) is 0 Å². The van der Waals surface area contributed by atoms with Crippen LogP contribution in [0.1, 0.15) is 35.9 Å². The van der Waals surface area contributed by atoms with Crippen molar-refractivity contribution in [1.82, 2.24) is 14.3 Å². The highest BCUT2D eigenvalue weighted by Gasteiger charge is 2.19. The van der Waals surface area contributed by atoms with E-state index in [1.807, 2.05) is 28.8 Å². The second-order valence-corrected chi connectivity index (χ2v) is 5.61. The van der Waals surface area contributed by atoms with E-state index in [2.05, 4.69) is 16.8 Å². The van der Waals surface area contributed by atoms with Crippen molar-refractivity contribution < 1.29 is 4.79 Å². The molecule has 4 heteroatoms. The number of carbonyl (C=O) groups is 1. The molecule has 0 bridgehead atoms. The van der Waals surface area contributed by atoms with Gasteiger partial charge < -0.3 is 4.90 Å². The van der Waals surface area contributed by atoms with E-state index in [4.69, 9.17) is 0 Å². The molecule has 3 heterocycles. The third-order valence-corrected chi connectivity index (χ3v) is 4.35. The van der Waals surface area contributed by atoms with Crippen molar-refractivity contribution in [1.29, 1.82) is 0 Å². The Morgan fingerprint density at radius 2 is 2.15 bits per heavy atom. The van der Waals surface area contributed by atoms with Crippen molar-refractivity contribution in [2.75, 3.05) is 19.6 Å². The van der Waals surface area contributed by atoms with Gasteiger partial charge in [-0.3, -0.25) is 9.20 Å². The van der Waals surface area contributed by atoms with E-state index in [0.29, 0.717) is 5.69 Å². The van der Waals surface area contributed by atoms with Crippen LogP contribution in [-0.4, -0.2) is 40.2 Å². The lowest BCUT2D eigenvalue weighted by molar-refractivity contribution is 0.111. The van der Waals surface area contributed by atoms with Crippen molar-refractivity contribution in [3.63, 3.8) is 0 Å². The van der Waals surface area contributed by atoms with Crippen LogP contribution in [0, 0.1) is 5.92 Å². The van der Waals surface area contributed by atoms with Crippen LogP contribution in [0.5, 0.6) is 0 Å². The summed E-state index contributed by atoms with van der Waals surface area (Å²) in [5, 5.41) is 0. The van der Waals surface area contributed by atoms with Crippen molar-refractivity contribution >= 4 is 11.9 Å². The second-order valence-electron chi connectivity index (χ2n) is 5.61. The fraction of sp³-hybridized carbons (Fsp3) is 0.500. The van der Waals surface area contributed by atoms with Gasteiger partial charge in [0.05, 0.1) is 11.4 Å². The molecule has 2 aromatic rings. The number of aromatic nitrogens is 2. The third kappa shape index (κ3) is 2.61. The number of rotatable bonds is 4. The minimum absolute atomic E-state index is 0.669. The fourth-order valence-corrected chi connectivity index (χ4v) is 3.08. The molecule has 4 nitrogen and oxygen atoms in total. The molecule has 1 aliphatic rings. The van der Waals surface area contributed by atoms with Gasteiger partial charge >= 0.3 is 0 Å². The first kappa shape index (κ1) is 13.3. The number of pyridine rings is 1. The predicted octanol–water partition coefficient (Wildman–Crippen LogP) is 2.42. The van der Waals surface area contributed by atoms with Gasteiger partial charge in [-0.05, 0) is 56.9 Å². The molecule has 0 aromatic carbocycles. The van der Waals surface area contributed by atoms with Gasteiger partial charge in [0.2, 0.25) is 0 Å². The van der Waals surface area contributed by atoms with Crippen LogP contribution in [0.15, 0.2) is 24.4 Å². The molecule has 2 aromatic heterocycles. The molecule has 20 heavy (non-hydrogen) atoms. The summed E-state index contributed by atoms with van der Waals surface area (Å²) in [6.45, 7) is 5.79. The lowest BCUT2D eigenvalue weighted by Gasteiger charge is -2.30. The Labute approximate surface area is 119 Å². The van der Waals surface area contributed by atoms with Crippen LogP contribution in [-0.2, 0) is 6.42 Å². The molecule has 0 aliphatic carbocycles. The number of imidazole rings is 1. The molecule has 0 saturated carbocycles. The Bertz CT molecular complexity index is 597. The van der Waals surface area contributed by atoms with Gasteiger partial charge in [0, 0.05) is 6.20 Å². The van der Waals surface area contributed by atoms with E-state index in [0.717, 1.165) is 36.5 Å². The normalized spacial score (nSPS) is 17.6. The Morgan fingerprint density at radius 3 is 2.85 bits per heavy atom. The molecule has 0 amide bonds. The minimum Gasteiger partial charge on any atom is -0.304 e. The van der Waals surface area contributed by atoms with E-state index < -0.39 is 0 Å². The zero-order chi connectivity index (χ0) is 13.9. The summed E-state index contributed by atoms with van der Waals surface area (Å²) in [6, 6.07) is 5.66. The Morgan fingerprint density at radius 1 is 1.35 bits per heavy atom. The van der Waals surface area contributed by atoms with Crippen LogP contribution >= 0.6 is 0 Å². The minimum atomic E-state index is 0.669. The zero-order valence-corrected chi connectivity index (χ0v) is 12.0. The molecule has 0 unspecified atom stereocenters. The third-order valence-electron chi connectivity index (χ3n) is 4.35. The summed E-state index contributed by atoms with van der Waals surface area (Å²) in [4.78, 5) is 18.2. The van der Waals surface area contributed by atoms with Crippen LogP contribution in [0.4, 0.5) is 0 Å². The Balaban J connectivity index is 1.73. The first-order valence-electron chi connectivity index (χ1n) is 7.44. The number of fused-ring (bicyclic) bond motifs is 1.